The predicted molar refractivity (Wildman–Crippen MR) is 63.8 cm³/mol. The lowest BCUT2D eigenvalue weighted by Gasteiger charge is -2.25. The molecule has 3 nitrogen and oxygen atoms in total. The number of nitrogens with one attached hydrogen (secondary N) is 2. The predicted octanol–water partition coefficient (Wildman–Crippen LogP) is 1.49. The maximum Gasteiger partial charge on any atom is 0.165 e. The third-order valence-electron chi connectivity index (χ3n) is 2.62. The molecule has 0 bridgehead atoms. The highest BCUT2D eigenvalue weighted by atomic mass is 35.5. The number of halogens is 2. The highest BCUT2D eigenvalue weighted by Crippen LogP contribution is 2.22. The van der Waals surface area contributed by atoms with Crippen LogP contribution in [-0.4, -0.2) is 26.7 Å². The highest BCUT2D eigenvalue weighted by Gasteiger charge is 2.15. The van der Waals surface area contributed by atoms with Gasteiger partial charge in [0.05, 0.1) is 7.11 Å². The summed E-state index contributed by atoms with van der Waals surface area (Å²) in [5.41, 5.74) is 1.06. The molecule has 2 N–H and O–H groups in total. The average Bonchev–Trinajstić information content (AvgIpc) is 2.31. The highest BCUT2D eigenvalue weighted by molar-refractivity contribution is 5.85. The first-order chi connectivity index (χ1) is 7.31. The summed E-state index contributed by atoms with van der Waals surface area (Å²) in [4.78, 5) is 0. The summed E-state index contributed by atoms with van der Waals surface area (Å²) in [6, 6.07) is 5.24. The molecule has 1 heterocycles. The zero-order valence-electron chi connectivity index (χ0n) is 9.13. The largest absolute Gasteiger partial charge is 0.494 e. The van der Waals surface area contributed by atoms with Crippen LogP contribution in [0.15, 0.2) is 18.2 Å². The Morgan fingerprint density at radius 1 is 1.38 bits per heavy atom. The molecule has 0 radical (unpaired) electrons. The van der Waals surface area contributed by atoms with Gasteiger partial charge < -0.3 is 15.4 Å². The zero-order chi connectivity index (χ0) is 10.7. The molecule has 90 valence electrons. The number of ether oxygens (including phenoxy) is 1. The van der Waals surface area contributed by atoms with Crippen LogP contribution in [0.1, 0.15) is 11.6 Å². The monoisotopic (exact) mass is 246 g/mol. The molecular formula is C11H16ClFN2O. The Morgan fingerprint density at radius 2 is 2.19 bits per heavy atom. The first kappa shape index (κ1) is 13.2. The third-order valence-corrected chi connectivity index (χ3v) is 2.62. The molecule has 16 heavy (non-hydrogen) atoms. The molecular weight excluding hydrogens is 231 g/mol. The van der Waals surface area contributed by atoms with E-state index in [1.165, 1.54) is 13.2 Å². The molecule has 1 aromatic rings. The number of hydrogen-bond donors (Lipinski definition) is 2. The molecule has 1 saturated heterocycles. The van der Waals surface area contributed by atoms with Gasteiger partial charge in [-0.2, -0.15) is 0 Å². The molecule has 0 amide bonds. The molecule has 1 aromatic carbocycles. The van der Waals surface area contributed by atoms with Gasteiger partial charge in [0.25, 0.3) is 0 Å². The van der Waals surface area contributed by atoms with Crippen molar-refractivity contribution in [3.63, 3.8) is 0 Å². The van der Waals surface area contributed by atoms with Crippen molar-refractivity contribution in [2.45, 2.75) is 6.04 Å². The van der Waals surface area contributed by atoms with Gasteiger partial charge in [0.1, 0.15) is 0 Å². The molecule has 2 rings (SSSR count). The van der Waals surface area contributed by atoms with Gasteiger partial charge in [-0.15, -0.1) is 12.4 Å². The summed E-state index contributed by atoms with van der Waals surface area (Å²) < 4.78 is 18.1. The molecule has 0 aromatic heterocycles. The van der Waals surface area contributed by atoms with Crippen LogP contribution in [0.2, 0.25) is 0 Å². The molecule has 0 unspecified atom stereocenters. The summed E-state index contributed by atoms with van der Waals surface area (Å²) in [5.74, 6) is -0.00936. The lowest BCUT2D eigenvalue weighted by Crippen LogP contribution is -2.42. The summed E-state index contributed by atoms with van der Waals surface area (Å²) in [5, 5.41) is 6.65. The van der Waals surface area contributed by atoms with Gasteiger partial charge in [0, 0.05) is 25.7 Å². The Hall–Kier alpha value is -0.840. The van der Waals surface area contributed by atoms with Gasteiger partial charge >= 0.3 is 0 Å². The van der Waals surface area contributed by atoms with E-state index < -0.39 is 0 Å². The van der Waals surface area contributed by atoms with Crippen LogP contribution in [-0.2, 0) is 0 Å². The first-order valence-electron chi connectivity index (χ1n) is 5.09. The Labute approximate surface area is 101 Å². The molecule has 5 heteroatoms. The Kier molecular flexibility index (Phi) is 4.99. The van der Waals surface area contributed by atoms with E-state index in [2.05, 4.69) is 10.6 Å². The van der Waals surface area contributed by atoms with Crippen molar-refractivity contribution in [2.75, 3.05) is 26.7 Å². The van der Waals surface area contributed by atoms with Gasteiger partial charge in [-0.05, 0) is 17.7 Å². The lowest BCUT2D eigenvalue weighted by atomic mass is 10.1. The average molecular weight is 247 g/mol. The van der Waals surface area contributed by atoms with E-state index in [9.17, 15) is 4.39 Å². The van der Waals surface area contributed by atoms with Crippen molar-refractivity contribution < 1.29 is 9.13 Å². The van der Waals surface area contributed by atoms with Gasteiger partial charge in [-0.1, -0.05) is 6.07 Å². The van der Waals surface area contributed by atoms with E-state index in [1.807, 2.05) is 0 Å². The molecule has 1 aliphatic rings. The fourth-order valence-electron chi connectivity index (χ4n) is 1.78. The Bertz CT molecular complexity index is 343. The fraction of sp³-hybridized carbons (Fsp3) is 0.455. The molecule has 0 aliphatic carbocycles. The summed E-state index contributed by atoms with van der Waals surface area (Å²) in [6.07, 6.45) is 0. The van der Waals surface area contributed by atoms with Crippen molar-refractivity contribution in [1.29, 1.82) is 0 Å². The molecule has 1 atom stereocenters. The second-order valence-corrected chi connectivity index (χ2v) is 3.60. The first-order valence-corrected chi connectivity index (χ1v) is 5.09. The quantitative estimate of drug-likeness (QED) is 0.830. The summed E-state index contributed by atoms with van der Waals surface area (Å²) in [6.45, 7) is 2.79. The van der Waals surface area contributed by atoms with E-state index in [0.717, 1.165) is 25.2 Å². The van der Waals surface area contributed by atoms with E-state index in [0.29, 0.717) is 5.75 Å². The van der Waals surface area contributed by atoms with E-state index in [-0.39, 0.29) is 24.3 Å². The van der Waals surface area contributed by atoms with Crippen LogP contribution >= 0.6 is 12.4 Å². The molecule has 0 saturated carbocycles. The van der Waals surface area contributed by atoms with Gasteiger partial charge in [0.2, 0.25) is 0 Å². The number of benzene rings is 1. The number of rotatable bonds is 2. The minimum Gasteiger partial charge on any atom is -0.494 e. The van der Waals surface area contributed by atoms with Gasteiger partial charge in [0.15, 0.2) is 11.6 Å². The molecule has 1 aliphatic heterocycles. The molecule has 1 fully saturated rings. The lowest BCUT2D eigenvalue weighted by molar-refractivity contribution is 0.382. The van der Waals surface area contributed by atoms with Crippen molar-refractivity contribution in [3.05, 3.63) is 29.6 Å². The normalized spacial score (nSPS) is 20.0. The Morgan fingerprint density at radius 3 is 2.81 bits per heavy atom. The van der Waals surface area contributed by atoms with Crippen LogP contribution in [0.3, 0.4) is 0 Å². The number of methoxy groups -OCH3 is 1. The topological polar surface area (TPSA) is 33.3 Å². The van der Waals surface area contributed by atoms with Crippen LogP contribution in [0, 0.1) is 5.82 Å². The minimum atomic E-state index is -0.315. The standard InChI is InChI=1S/C11H15FN2O.ClH/c1-15-11-6-8(2-3-9(11)12)10-7-13-4-5-14-10;/h2-3,6,10,13-14H,4-5,7H2,1H3;1H/t10-;/m1./s1. The number of hydrogen-bond acceptors (Lipinski definition) is 3. The van der Waals surface area contributed by atoms with Gasteiger partial charge in [-0.25, -0.2) is 4.39 Å². The smallest absolute Gasteiger partial charge is 0.165 e. The van der Waals surface area contributed by atoms with Crippen LogP contribution in [0.5, 0.6) is 5.75 Å². The minimum absolute atomic E-state index is 0. The fourth-order valence-corrected chi connectivity index (χ4v) is 1.78. The summed E-state index contributed by atoms with van der Waals surface area (Å²) >= 11 is 0. The molecule has 0 spiro atoms. The van der Waals surface area contributed by atoms with Crippen molar-refractivity contribution >= 4 is 12.4 Å². The second kappa shape index (κ2) is 6.03. The van der Waals surface area contributed by atoms with Crippen molar-refractivity contribution in [2.24, 2.45) is 0 Å². The SMILES string of the molecule is COc1cc([C@H]2CNCCN2)ccc1F.Cl. The maximum absolute atomic E-state index is 13.2. The van der Waals surface area contributed by atoms with E-state index in [4.69, 9.17) is 4.74 Å². The third kappa shape index (κ3) is 2.84. The van der Waals surface area contributed by atoms with Gasteiger partial charge in [-0.3, -0.25) is 0 Å². The van der Waals surface area contributed by atoms with E-state index >= 15 is 0 Å². The number of piperazine rings is 1. The maximum atomic E-state index is 13.2. The van der Waals surface area contributed by atoms with Crippen LogP contribution in [0.4, 0.5) is 4.39 Å². The van der Waals surface area contributed by atoms with Crippen molar-refractivity contribution in [3.8, 4) is 5.75 Å². The summed E-state index contributed by atoms with van der Waals surface area (Å²) in [7, 11) is 1.48. The van der Waals surface area contributed by atoms with Crippen molar-refractivity contribution in [1.82, 2.24) is 10.6 Å². The van der Waals surface area contributed by atoms with E-state index in [1.54, 1.807) is 12.1 Å². The van der Waals surface area contributed by atoms with Crippen LogP contribution in [0.25, 0.3) is 0 Å². The zero-order valence-corrected chi connectivity index (χ0v) is 9.94. The Balaban J connectivity index is 0.00000128. The van der Waals surface area contributed by atoms with Crippen LogP contribution < -0.4 is 15.4 Å². The second-order valence-electron chi connectivity index (χ2n) is 3.60.